The van der Waals surface area contributed by atoms with Crippen molar-refractivity contribution >= 4 is 17.8 Å². The molecule has 1 aromatic carbocycles. The number of nitrogens with zero attached hydrogens (tertiary/aromatic N) is 3. The Bertz CT molecular complexity index is 876. The van der Waals surface area contributed by atoms with E-state index in [-0.39, 0.29) is 29.0 Å². The lowest BCUT2D eigenvalue weighted by atomic mass is 9.85. The van der Waals surface area contributed by atoms with Crippen molar-refractivity contribution in [1.82, 2.24) is 14.7 Å². The zero-order valence-electron chi connectivity index (χ0n) is 19.6. The van der Waals surface area contributed by atoms with Gasteiger partial charge in [-0.1, -0.05) is 26.0 Å². The van der Waals surface area contributed by atoms with Crippen LogP contribution < -0.4 is 0 Å². The molecule has 3 rings (SSSR count). The van der Waals surface area contributed by atoms with E-state index in [9.17, 15) is 27.2 Å². The number of likely N-dealkylation sites (tertiary alicyclic amines) is 1. The molecule has 2 aliphatic heterocycles. The Balaban J connectivity index is 0.000000509. The van der Waals surface area contributed by atoms with E-state index in [4.69, 9.17) is 9.90 Å². The molecule has 2 heterocycles. The van der Waals surface area contributed by atoms with Gasteiger partial charge in [-0.15, -0.1) is 0 Å². The molecule has 0 aromatic heterocycles. The number of halogens is 4. The molecule has 2 fully saturated rings. The number of carboxylic acids is 1. The Kier molecular flexibility index (Phi) is 9.04. The topological polar surface area (TPSA) is 81.2 Å². The Morgan fingerprint density at radius 2 is 1.68 bits per heavy atom. The number of carbonyl (C=O) groups is 3. The average molecular weight is 490 g/mol. The van der Waals surface area contributed by atoms with E-state index in [1.54, 1.807) is 0 Å². The molecule has 34 heavy (non-hydrogen) atoms. The first-order valence-electron chi connectivity index (χ1n) is 11.1. The molecule has 7 nitrogen and oxygen atoms in total. The molecule has 0 radical (unpaired) electrons. The summed E-state index contributed by atoms with van der Waals surface area (Å²) in [6, 6.07) is 6.58. The summed E-state index contributed by atoms with van der Waals surface area (Å²) in [5.74, 6) is -2.71. The molecule has 0 saturated carbocycles. The van der Waals surface area contributed by atoms with Crippen LogP contribution in [-0.4, -0.2) is 83.0 Å². The van der Waals surface area contributed by atoms with E-state index in [0.717, 1.165) is 18.7 Å². The Hall–Kier alpha value is -2.69. The molecule has 1 unspecified atom stereocenters. The van der Waals surface area contributed by atoms with Gasteiger partial charge in [0.1, 0.15) is 5.82 Å². The maximum Gasteiger partial charge on any atom is 0.490 e. The molecule has 11 heteroatoms. The lowest BCUT2D eigenvalue weighted by Crippen LogP contribution is -2.45. The first-order chi connectivity index (χ1) is 15.8. The summed E-state index contributed by atoms with van der Waals surface area (Å²) in [5.41, 5.74) is 0.820. The van der Waals surface area contributed by atoms with Gasteiger partial charge >= 0.3 is 12.1 Å². The van der Waals surface area contributed by atoms with Crippen molar-refractivity contribution in [3.63, 3.8) is 0 Å². The minimum absolute atomic E-state index is 0.0509. The molecule has 0 aliphatic carbocycles. The number of benzene rings is 1. The highest BCUT2D eigenvalue weighted by Crippen LogP contribution is 2.35. The monoisotopic (exact) mass is 489 g/mol. The number of rotatable bonds is 4. The zero-order valence-corrected chi connectivity index (χ0v) is 19.6. The fourth-order valence-electron chi connectivity index (χ4n) is 4.37. The van der Waals surface area contributed by atoms with E-state index in [0.29, 0.717) is 39.1 Å². The normalized spacial score (nSPS) is 21.5. The Labute approximate surface area is 196 Å². The summed E-state index contributed by atoms with van der Waals surface area (Å²) in [6.45, 7) is 10.8. The van der Waals surface area contributed by atoms with Crippen LogP contribution >= 0.6 is 0 Å². The number of hydrogen-bond donors (Lipinski definition) is 1. The number of aliphatic carboxylic acids is 1. The van der Waals surface area contributed by atoms with Crippen molar-refractivity contribution in [3.8, 4) is 0 Å². The Morgan fingerprint density at radius 1 is 1.09 bits per heavy atom. The fraction of sp³-hybridized carbons (Fsp3) is 0.609. The molecule has 190 valence electrons. The minimum Gasteiger partial charge on any atom is -0.475 e. The van der Waals surface area contributed by atoms with Gasteiger partial charge in [-0.05, 0) is 24.6 Å². The van der Waals surface area contributed by atoms with Gasteiger partial charge in [0.2, 0.25) is 11.8 Å². The van der Waals surface area contributed by atoms with Crippen molar-refractivity contribution in [2.24, 2.45) is 11.3 Å². The van der Waals surface area contributed by atoms with Crippen LogP contribution in [0.1, 0.15) is 32.8 Å². The van der Waals surface area contributed by atoms with Crippen molar-refractivity contribution in [1.29, 1.82) is 0 Å². The number of hydrogen-bond acceptors (Lipinski definition) is 4. The lowest BCUT2D eigenvalue weighted by molar-refractivity contribution is -0.192. The third-order valence-corrected chi connectivity index (χ3v) is 5.93. The summed E-state index contributed by atoms with van der Waals surface area (Å²) in [7, 11) is 0. The quantitative estimate of drug-likeness (QED) is 0.658. The third kappa shape index (κ3) is 7.41. The highest BCUT2D eigenvalue weighted by molar-refractivity contribution is 5.81. The second-order valence-electron chi connectivity index (χ2n) is 9.14. The molecule has 2 amide bonds. The third-order valence-electron chi connectivity index (χ3n) is 5.93. The molecular formula is C23H31F4N3O4. The highest BCUT2D eigenvalue weighted by Gasteiger charge is 2.46. The van der Waals surface area contributed by atoms with Crippen LogP contribution in [0.15, 0.2) is 24.3 Å². The van der Waals surface area contributed by atoms with E-state index in [1.165, 1.54) is 12.1 Å². The van der Waals surface area contributed by atoms with Crippen LogP contribution in [0.5, 0.6) is 0 Å². The maximum atomic E-state index is 13.2. The van der Waals surface area contributed by atoms with Gasteiger partial charge in [0, 0.05) is 63.6 Å². The molecule has 2 aliphatic rings. The van der Waals surface area contributed by atoms with E-state index < -0.39 is 12.1 Å². The van der Waals surface area contributed by atoms with Gasteiger partial charge in [-0.3, -0.25) is 14.5 Å². The molecule has 1 atom stereocenters. The van der Waals surface area contributed by atoms with Crippen LogP contribution in [-0.2, 0) is 20.9 Å². The molecule has 1 spiro atoms. The second-order valence-corrected chi connectivity index (χ2v) is 9.14. The van der Waals surface area contributed by atoms with E-state index >= 15 is 0 Å². The smallest absolute Gasteiger partial charge is 0.475 e. The van der Waals surface area contributed by atoms with Crippen LogP contribution in [0.2, 0.25) is 0 Å². The zero-order chi connectivity index (χ0) is 25.7. The van der Waals surface area contributed by atoms with Crippen molar-refractivity contribution in [2.45, 2.75) is 39.9 Å². The van der Waals surface area contributed by atoms with Crippen molar-refractivity contribution in [2.75, 3.05) is 39.3 Å². The molecule has 1 aromatic rings. The largest absolute Gasteiger partial charge is 0.490 e. The van der Waals surface area contributed by atoms with Crippen LogP contribution in [0.25, 0.3) is 0 Å². The van der Waals surface area contributed by atoms with Gasteiger partial charge in [0.05, 0.1) is 0 Å². The summed E-state index contributed by atoms with van der Waals surface area (Å²) in [6.07, 6.45) is -4.59. The lowest BCUT2D eigenvalue weighted by Gasteiger charge is -2.34. The van der Waals surface area contributed by atoms with Crippen molar-refractivity contribution in [3.05, 3.63) is 35.6 Å². The van der Waals surface area contributed by atoms with Gasteiger partial charge in [0.15, 0.2) is 0 Å². The Morgan fingerprint density at radius 3 is 2.15 bits per heavy atom. The van der Waals surface area contributed by atoms with Crippen molar-refractivity contribution < 1.29 is 37.1 Å². The number of carbonyl (C=O) groups excluding carboxylic acids is 2. The second kappa shape index (κ2) is 11.2. The standard InChI is InChI=1S/C21H30FN3O2.C2HF3O2/c1-4-24-14-21(11-19(24)26)13-23(12-17-5-7-18(22)8-6-17)9-10-25(15-21)20(27)16(2)3;3-2(4,5)1(6)7/h5-8,16H,4,9-15H2,1-3H3;(H,6,7). The summed E-state index contributed by atoms with van der Waals surface area (Å²) in [4.78, 5) is 40.2. The van der Waals surface area contributed by atoms with Gasteiger partial charge in [-0.25, -0.2) is 9.18 Å². The first-order valence-corrected chi connectivity index (χ1v) is 11.1. The number of amides is 2. The first kappa shape index (κ1) is 27.6. The summed E-state index contributed by atoms with van der Waals surface area (Å²) >= 11 is 0. The molecule has 2 saturated heterocycles. The SMILES string of the molecule is CCN1CC2(CC1=O)CN(Cc1ccc(F)cc1)CCN(C(=O)C(C)C)C2.O=C(O)C(F)(F)F. The molecule has 1 N–H and O–H groups in total. The predicted molar refractivity (Wildman–Crippen MR) is 116 cm³/mol. The van der Waals surface area contributed by atoms with Gasteiger partial charge in [-0.2, -0.15) is 13.2 Å². The van der Waals surface area contributed by atoms with Crippen LogP contribution in [0.4, 0.5) is 17.6 Å². The van der Waals surface area contributed by atoms with E-state index in [1.807, 2.05) is 42.7 Å². The highest BCUT2D eigenvalue weighted by atomic mass is 19.4. The van der Waals surface area contributed by atoms with Crippen LogP contribution in [0.3, 0.4) is 0 Å². The fourth-order valence-corrected chi connectivity index (χ4v) is 4.37. The average Bonchev–Trinajstić information content (AvgIpc) is 2.95. The maximum absolute atomic E-state index is 13.2. The predicted octanol–water partition coefficient (Wildman–Crippen LogP) is 3.00. The summed E-state index contributed by atoms with van der Waals surface area (Å²) < 4.78 is 44.9. The van der Waals surface area contributed by atoms with Gasteiger partial charge < -0.3 is 14.9 Å². The molecular weight excluding hydrogens is 458 g/mol. The number of alkyl halides is 3. The summed E-state index contributed by atoms with van der Waals surface area (Å²) in [5, 5.41) is 7.12. The van der Waals surface area contributed by atoms with Crippen LogP contribution in [0, 0.1) is 17.2 Å². The number of carboxylic acid groups (broad SMARTS) is 1. The minimum atomic E-state index is -5.08. The van der Waals surface area contributed by atoms with Gasteiger partial charge in [0.25, 0.3) is 0 Å². The van der Waals surface area contributed by atoms with E-state index in [2.05, 4.69) is 4.90 Å². The molecule has 0 bridgehead atoms.